The van der Waals surface area contributed by atoms with E-state index in [0.29, 0.717) is 12.3 Å². The Labute approximate surface area is 122 Å². The molecule has 2 heterocycles. The van der Waals surface area contributed by atoms with Crippen molar-refractivity contribution < 1.29 is 12.8 Å². The number of furan rings is 1. The smallest absolute Gasteiger partial charge is 0.276 e. The molecule has 20 heavy (non-hydrogen) atoms. The lowest BCUT2D eigenvalue weighted by Crippen LogP contribution is -2.26. The standard InChI is InChI=1S/C12H17N3O3S2/c1-3-13-6-11-4-5-12(18-11)20(16,17)15(2)7-10-8-19-9-14-10/h4-5,8-9,13H,3,6-7H2,1-2H3. The van der Waals surface area contributed by atoms with E-state index in [0.717, 1.165) is 12.2 Å². The molecule has 0 aliphatic carbocycles. The summed E-state index contributed by atoms with van der Waals surface area (Å²) in [5.74, 6) is 0.604. The number of hydrogen-bond donors (Lipinski definition) is 1. The monoisotopic (exact) mass is 315 g/mol. The minimum Gasteiger partial charge on any atom is -0.447 e. The first-order valence-corrected chi connectivity index (χ1v) is 8.55. The molecule has 0 atom stereocenters. The fraction of sp³-hybridized carbons (Fsp3) is 0.417. The van der Waals surface area contributed by atoms with E-state index in [9.17, 15) is 8.42 Å². The van der Waals surface area contributed by atoms with Crippen molar-refractivity contribution in [3.05, 3.63) is 34.5 Å². The normalized spacial score (nSPS) is 12.2. The third-order valence-electron chi connectivity index (χ3n) is 2.72. The first kappa shape index (κ1) is 15.2. The first-order chi connectivity index (χ1) is 9.54. The quantitative estimate of drug-likeness (QED) is 0.841. The second-order valence-electron chi connectivity index (χ2n) is 4.24. The molecule has 2 aromatic rings. The van der Waals surface area contributed by atoms with Crippen LogP contribution in [0.4, 0.5) is 0 Å². The average molecular weight is 315 g/mol. The van der Waals surface area contributed by atoms with Gasteiger partial charge in [0.25, 0.3) is 10.0 Å². The van der Waals surface area contributed by atoms with E-state index in [1.165, 1.54) is 28.8 Å². The van der Waals surface area contributed by atoms with E-state index < -0.39 is 10.0 Å². The van der Waals surface area contributed by atoms with Gasteiger partial charge < -0.3 is 9.73 Å². The van der Waals surface area contributed by atoms with Crippen LogP contribution in [0.5, 0.6) is 0 Å². The molecule has 0 aliphatic rings. The van der Waals surface area contributed by atoms with Crippen LogP contribution in [0.15, 0.2) is 32.5 Å². The number of sulfonamides is 1. The maximum Gasteiger partial charge on any atom is 0.276 e. The van der Waals surface area contributed by atoms with Crippen LogP contribution in [0.25, 0.3) is 0 Å². The summed E-state index contributed by atoms with van der Waals surface area (Å²) in [6, 6.07) is 3.16. The van der Waals surface area contributed by atoms with Gasteiger partial charge in [-0.2, -0.15) is 4.31 Å². The Balaban J connectivity index is 2.10. The van der Waals surface area contributed by atoms with Gasteiger partial charge in [0.1, 0.15) is 5.76 Å². The Morgan fingerprint density at radius 1 is 1.45 bits per heavy atom. The number of nitrogens with zero attached hydrogens (tertiary/aromatic N) is 2. The van der Waals surface area contributed by atoms with E-state index in [1.807, 2.05) is 12.3 Å². The van der Waals surface area contributed by atoms with Gasteiger partial charge >= 0.3 is 0 Å². The Bertz CT molecular complexity index is 635. The number of rotatable bonds is 7. The summed E-state index contributed by atoms with van der Waals surface area (Å²) in [5.41, 5.74) is 2.40. The van der Waals surface area contributed by atoms with Crippen LogP contribution in [0.3, 0.4) is 0 Å². The van der Waals surface area contributed by atoms with Crippen LogP contribution in [0, 0.1) is 0 Å². The molecule has 0 bridgehead atoms. The largest absolute Gasteiger partial charge is 0.447 e. The van der Waals surface area contributed by atoms with E-state index in [1.54, 1.807) is 11.6 Å². The maximum atomic E-state index is 12.3. The van der Waals surface area contributed by atoms with Crippen molar-refractivity contribution in [2.75, 3.05) is 13.6 Å². The van der Waals surface area contributed by atoms with Gasteiger partial charge in [0, 0.05) is 12.4 Å². The van der Waals surface area contributed by atoms with Crippen LogP contribution in [-0.4, -0.2) is 31.3 Å². The SMILES string of the molecule is CCNCc1ccc(S(=O)(=O)N(C)Cc2cscn2)o1. The van der Waals surface area contributed by atoms with Crippen molar-refractivity contribution >= 4 is 21.4 Å². The molecule has 0 saturated carbocycles. The highest BCUT2D eigenvalue weighted by molar-refractivity contribution is 7.88. The van der Waals surface area contributed by atoms with Crippen LogP contribution in [0.1, 0.15) is 18.4 Å². The molecule has 2 aromatic heterocycles. The number of aromatic nitrogens is 1. The zero-order valence-corrected chi connectivity index (χ0v) is 13.0. The summed E-state index contributed by atoms with van der Waals surface area (Å²) in [6.45, 7) is 3.52. The van der Waals surface area contributed by atoms with Crippen molar-refractivity contribution in [1.82, 2.24) is 14.6 Å². The van der Waals surface area contributed by atoms with Gasteiger partial charge in [-0.3, -0.25) is 0 Å². The summed E-state index contributed by atoms with van der Waals surface area (Å²) in [4.78, 5) is 4.08. The Morgan fingerprint density at radius 2 is 2.25 bits per heavy atom. The Kier molecular flexibility index (Phi) is 4.92. The fourth-order valence-corrected chi connectivity index (χ4v) is 3.23. The van der Waals surface area contributed by atoms with Crippen LogP contribution in [0.2, 0.25) is 0 Å². The summed E-state index contributed by atoms with van der Waals surface area (Å²) in [6.07, 6.45) is 0. The molecule has 0 saturated heterocycles. The molecule has 1 N–H and O–H groups in total. The van der Waals surface area contributed by atoms with Gasteiger partial charge in [0.05, 0.1) is 24.3 Å². The number of hydrogen-bond acceptors (Lipinski definition) is 6. The lowest BCUT2D eigenvalue weighted by atomic mass is 10.4. The first-order valence-electron chi connectivity index (χ1n) is 6.17. The Hall–Kier alpha value is -1.22. The van der Waals surface area contributed by atoms with Crippen LogP contribution < -0.4 is 5.32 Å². The van der Waals surface area contributed by atoms with Crippen molar-refractivity contribution in [2.24, 2.45) is 0 Å². The average Bonchev–Trinajstić information content (AvgIpc) is 3.07. The highest BCUT2D eigenvalue weighted by Gasteiger charge is 2.25. The summed E-state index contributed by atoms with van der Waals surface area (Å²) in [5, 5.41) is 4.87. The van der Waals surface area contributed by atoms with Gasteiger partial charge in [-0.25, -0.2) is 13.4 Å². The van der Waals surface area contributed by atoms with Gasteiger partial charge in [-0.1, -0.05) is 6.92 Å². The van der Waals surface area contributed by atoms with Crippen molar-refractivity contribution in [1.29, 1.82) is 0 Å². The minimum absolute atomic E-state index is 0.0388. The van der Waals surface area contributed by atoms with Gasteiger partial charge in [-0.15, -0.1) is 11.3 Å². The molecule has 8 heteroatoms. The molecule has 0 spiro atoms. The predicted molar refractivity (Wildman–Crippen MR) is 76.9 cm³/mol. The lowest BCUT2D eigenvalue weighted by molar-refractivity contribution is 0.379. The number of thiazole rings is 1. The molecule has 6 nitrogen and oxygen atoms in total. The molecule has 0 aliphatic heterocycles. The summed E-state index contributed by atoms with van der Waals surface area (Å²) < 4.78 is 31.3. The predicted octanol–water partition coefficient (Wildman–Crippen LogP) is 1.67. The van der Waals surface area contributed by atoms with E-state index in [-0.39, 0.29) is 11.6 Å². The minimum atomic E-state index is -3.62. The second-order valence-corrected chi connectivity index (χ2v) is 6.94. The maximum absolute atomic E-state index is 12.3. The molecule has 0 radical (unpaired) electrons. The third kappa shape index (κ3) is 3.45. The summed E-state index contributed by atoms with van der Waals surface area (Å²) in [7, 11) is -2.10. The van der Waals surface area contributed by atoms with E-state index in [4.69, 9.17) is 4.42 Å². The van der Waals surface area contributed by atoms with Gasteiger partial charge in [0.15, 0.2) is 0 Å². The zero-order chi connectivity index (χ0) is 14.6. The molecule has 110 valence electrons. The van der Waals surface area contributed by atoms with Gasteiger partial charge in [-0.05, 0) is 18.7 Å². The molecular weight excluding hydrogens is 298 g/mol. The highest BCUT2D eigenvalue weighted by Crippen LogP contribution is 2.19. The highest BCUT2D eigenvalue weighted by atomic mass is 32.2. The molecule has 0 unspecified atom stereocenters. The van der Waals surface area contributed by atoms with Crippen LogP contribution in [-0.2, 0) is 23.1 Å². The van der Waals surface area contributed by atoms with Crippen molar-refractivity contribution in [3.8, 4) is 0 Å². The lowest BCUT2D eigenvalue weighted by Gasteiger charge is -2.13. The van der Waals surface area contributed by atoms with Crippen molar-refractivity contribution in [3.63, 3.8) is 0 Å². The topological polar surface area (TPSA) is 75.4 Å². The molecule has 0 amide bonds. The van der Waals surface area contributed by atoms with Crippen molar-refractivity contribution in [2.45, 2.75) is 25.1 Å². The van der Waals surface area contributed by atoms with E-state index >= 15 is 0 Å². The number of nitrogens with one attached hydrogen (secondary N) is 1. The van der Waals surface area contributed by atoms with E-state index in [2.05, 4.69) is 10.3 Å². The second kappa shape index (κ2) is 6.49. The molecular formula is C12H17N3O3S2. The molecule has 2 rings (SSSR count). The van der Waals surface area contributed by atoms with Crippen LogP contribution >= 0.6 is 11.3 Å². The molecule has 0 aromatic carbocycles. The zero-order valence-electron chi connectivity index (χ0n) is 11.4. The molecule has 0 fully saturated rings. The summed E-state index contributed by atoms with van der Waals surface area (Å²) >= 11 is 1.44. The Morgan fingerprint density at radius 3 is 2.90 bits per heavy atom. The fourth-order valence-electron chi connectivity index (χ4n) is 1.62. The van der Waals surface area contributed by atoms with Gasteiger partial charge in [0.2, 0.25) is 5.09 Å². The third-order valence-corrected chi connectivity index (χ3v) is 5.03.